The molecule has 7 amide bonds. The maximum atomic E-state index is 14.1. The number of carbonyl (C=O) groups excluding carboxylic acids is 7. The van der Waals surface area contributed by atoms with Crippen molar-refractivity contribution in [1.82, 2.24) is 46.0 Å². The third-order valence-corrected chi connectivity index (χ3v) is 12.1. The number of nitrogens with zero attached hydrogens (tertiary/aromatic N) is 5. The van der Waals surface area contributed by atoms with Crippen molar-refractivity contribution in [2.24, 2.45) is 11.8 Å². The number of rotatable bonds is 9. The topological polar surface area (TPSA) is 237 Å². The normalized spacial score (nSPS) is 22.8. The number of aromatic nitrogens is 3. The lowest BCUT2D eigenvalue weighted by atomic mass is 9.79. The van der Waals surface area contributed by atoms with E-state index in [1.807, 2.05) is 7.05 Å². The zero-order valence-electron chi connectivity index (χ0n) is 32.6. The third-order valence-electron chi connectivity index (χ3n) is 10.6. The second-order valence-electron chi connectivity index (χ2n) is 15.1. The van der Waals surface area contributed by atoms with E-state index in [-0.39, 0.29) is 48.2 Å². The molecule has 6 rings (SSSR count). The van der Waals surface area contributed by atoms with Crippen LogP contribution < -0.4 is 31.9 Å². The summed E-state index contributed by atoms with van der Waals surface area (Å²) in [5.74, 6) is -5.77. The lowest BCUT2D eigenvalue weighted by Crippen LogP contribution is -2.60. The van der Waals surface area contributed by atoms with E-state index >= 15 is 0 Å². The molecule has 2 fully saturated rings. The smallest absolute Gasteiger partial charge is 0.314 e. The molecule has 0 bridgehead atoms. The highest BCUT2D eigenvalue weighted by Gasteiger charge is 2.41. The van der Waals surface area contributed by atoms with E-state index in [4.69, 9.17) is 23.2 Å². The van der Waals surface area contributed by atoms with Crippen molar-refractivity contribution in [3.05, 3.63) is 62.3 Å². The van der Waals surface area contributed by atoms with E-state index in [1.165, 1.54) is 52.9 Å². The molecule has 1 aliphatic heterocycles. The van der Waals surface area contributed by atoms with E-state index < -0.39 is 71.4 Å². The average Bonchev–Trinajstić information content (AvgIpc) is 3.64. The van der Waals surface area contributed by atoms with Gasteiger partial charge in [-0.05, 0) is 69.8 Å². The second kappa shape index (κ2) is 19.2. The summed E-state index contributed by atoms with van der Waals surface area (Å²) >= 11 is 13.1. The SMILES string of the molecule is CN1CCc2nc(C(=O)N[C@@H]3C[C@@H](C(=O)N[C@@H]4C[C@@H](C(=O)N(C)C)CC[C@@H]4NC(=O)C(=O)Nc4ccc(Cl)cn4)CC[C@@H]3NC(=O)C(=O)Nc3ccc(Cl)cn3)sc2C1. The molecule has 6 atom stereocenters. The molecule has 0 radical (unpaired) electrons. The fourth-order valence-corrected chi connectivity index (χ4v) is 8.81. The summed E-state index contributed by atoms with van der Waals surface area (Å²) in [6.45, 7) is 1.47. The van der Waals surface area contributed by atoms with Gasteiger partial charge >= 0.3 is 23.6 Å². The maximum Gasteiger partial charge on any atom is 0.314 e. The van der Waals surface area contributed by atoms with Crippen LogP contribution in [0.4, 0.5) is 11.6 Å². The summed E-state index contributed by atoms with van der Waals surface area (Å²) in [6, 6.07) is 2.95. The second-order valence-corrected chi connectivity index (χ2v) is 17.1. The number of carbonyl (C=O) groups is 7. The largest absolute Gasteiger partial charge is 0.351 e. The number of anilines is 2. The molecule has 2 saturated carbocycles. The first kappa shape index (κ1) is 43.3. The molecule has 6 N–H and O–H groups in total. The van der Waals surface area contributed by atoms with Crippen LogP contribution in [0.15, 0.2) is 36.7 Å². The Bertz CT molecular complexity index is 2090. The third kappa shape index (κ3) is 11.3. The molecule has 0 aromatic carbocycles. The van der Waals surface area contributed by atoms with Crippen molar-refractivity contribution >= 4 is 87.5 Å². The molecule has 2 aliphatic carbocycles. The molecule has 0 spiro atoms. The van der Waals surface area contributed by atoms with Gasteiger partial charge in [0.05, 0.1) is 21.8 Å². The number of fused-ring (bicyclic) bond motifs is 1. The monoisotopic (exact) mass is 869 g/mol. The van der Waals surface area contributed by atoms with E-state index in [0.717, 1.165) is 17.1 Å². The van der Waals surface area contributed by atoms with Gasteiger partial charge in [0.25, 0.3) is 5.91 Å². The highest BCUT2D eigenvalue weighted by molar-refractivity contribution is 7.13. The highest BCUT2D eigenvalue weighted by atomic mass is 35.5. The van der Waals surface area contributed by atoms with E-state index in [2.05, 4.69) is 51.8 Å². The van der Waals surface area contributed by atoms with Crippen molar-refractivity contribution in [2.45, 2.75) is 75.7 Å². The Kier molecular flexibility index (Phi) is 14.1. The number of likely N-dealkylation sites (N-methyl/N-ethyl adjacent to an activating group) is 1. The maximum absolute atomic E-state index is 14.1. The summed E-state index contributed by atoms with van der Waals surface area (Å²) in [5, 5.41) is 17.3. The number of thiazole rings is 1. The molecular formula is C38H45Cl2N11O7S. The molecule has 59 heavy (non-hydrogen) atoms. The first-order chi connectivity index (χ1) is 28.1. The van der Waals surface area contributed by atoms with Crippen LogP contribution >= 0.6 is 34.5 Å². The Morgan fingerprint density at radius 3 is 1.80 bits per heavy atom. The first-order valence-corrected chi connectivity index (χ1v) is 20.7. The van der Waals surface area contributed by atoms with Gasteiger partial charge in [-0.2, -0.15) is 0 Å². The van der Waals surface area contributed by atoms with Crippen LogP contribution in [0.5, 0.6) is 0 Å². The van der Waals surface area contributed by atoms with Crippen molar-refractivity contribution in [2.75, 3.05) is 38.3 Å². The number of amides is 7. The van der Waals surface area contributed by atoms with Crippen LogP contribution in [0.25, 0.3) is 0 Å². The minimum absolute atomic E-state index is 0.0804. The van der Waals surface area contributed by atoms with Gasteiger partial charge in [0, 0.05) is 80.8 Å². The van der Waals surface area contributed by atoms with E-state index in [1.54, 1.807) is 14.1 Å². The number of hydrogen-bond donors (Lipinski definition) is 6. The van der Waals surface area contributed by atoms with Gasteiger partial charge in [-0.15, -0.1) is 11.3 Å². The van der Waals surface area contributed by atoms with Gasteiger partial charge in [0.2, 0.25) is 11.8 Å². The Labute approximate surface area is 354 Å². The van der Waals surface area contributed by atoms with Crippen LogP contribution in [0, 0.1) is 11.8 Å². The summed E-state index contributed by atoms with van der Waals surface area (Å²) < 4.78 is 0. The van der Waals surface area contributed by atoms with Gasteiger partial charge in [-0.3, -0.25) is 33.6 Å². The van der Waals surface area contributed by atoms with Gasteiger partial charge in [-0.1, -0.05) is 23.2 Å². The molecule has 4 heterocycles. The predicted octanol–water partition coefficient (Wildman–Crippen LogP) is 1.75. The van der Waals surface area contributed by atoms with E-state index in [0.29, 0.717) is 35.9 Å². The van der Waals surface area contributed by atoms with Crippen LogP contribution in [0.2, 0.25) is 10.0 Å². The Hall–Kier alpha value is -5.24. The van der Waals surface area contributed by atoms with Gasteiger partial charge in [0.15, 0.2) is 5.01 Å². The average molecular weight is 871 g/mol. The van der Waals surface area contributed by atoms with Crippen LogP contribution in [0.1, 0.15) is 58.9 Å². The lowest BCUT2D eigenvalue weighted by Gasteiger charge is -2.39. The molecule has 314 valence electrons. The molecule has 3 aromatic rings. The van der Waals surface area contributed by atoms with Crippen LogP contribution in [-0.4, -0.2) is 118 Å². The van der Waals surface area contributed by atoms with Crippen LogP contribution in [0.3, 0.4) is 0 Å². The van der Waals surface area contributed by atoms with Crippen molar-refractivity contribution in [3.63, 3.8) is 0 Å². The minimum atomic E-state index is -0.980. The Balaban J connectivity index is 1.16. The van der Waals surface area contributed by atoms with Gasteiger partial charge < -0.3 is 41.7 Å². The Morgan fingerprint density at radius 1 is 0.712 bits per heavy atom. The number of hydrogen-bond acceptors (Lipinski definition) is 12. The van der Waals surface area contributed by atoms with Crippen molar-refractivity contribution < 1.29 is 33.6 Å². The summed E-state index contributed by atoms with van der Waals surface area (Å²) in [7, 11) is 5.27. The highest BCUT2D eigenvalue weighted by Crippen LogP contribution is 2.30. The number of nitrogens with one attached hydrogen (secondary N) is 6. The Morgan fingerprint density at radius 2 is 1.25 bits per heavy atom. The molecular weight excluding hydrogens is 825 g/mol. The summed E-state index contributed by atoms with van der Waals surface area (Å²) in [5.41, 5.74) is 0.857. The molecule has 21 heteroatoms. The molecule has 0 unspecified atom stereocenters. The summed E-state index contributed by atoms with van der Waals surface area (Å²) in [6.07, 6.45) is 4.81. The van der Waals surface area contributed by atoms with Crippen LogP contribution in [-0.2, 0) is 41.7 Å². The molecule has 0 saturated heterocycles. The minimum Gasteiger partial charge on any atom is -0.351 e. The fourth-order valence-electron chi connectivity index (χ4n) is 7.50. The van der Waals surface area contributed by atoms with E-state index in [9.17, 15) is 33.6 Å². The quantitative estimate of drug-likeness (QED) is 0.170. The predicted molar refractivity (Wildman–Crippen MR) is 218 cm³/mol. The fraction of sp³-hybridized carbons (Fsp3) is 0.474. The standard InChI is InChI=1S/C38H45Cl2N11O7S/c1-50(2)38(58)20-5-9-24(44-33(54)35(56)49-30-11-7-22(40)17-42-30)27(15-20)45-31(52)19-4-8-23(43-32(53)34(55)48-29-10-6-21(39)16-41-29)26(14-19)46-36(57)37-47-25-12-13-51(3)18-28(25)59-37/h6-7,10-11,16-17,19-20,23-24,26-27H,4-5,8-9,12-15,18H2,1-3H3,(H,43,53)(H,44,54)(H,45,52)(H,46,57)(H,41,48,55)(H,42,49,56)/t19-,20-,23-,24-,26+,27+/m0/s1. The number of pyridine rings is 2. The lowest BCUT2D eigenvalue weighted by molar-refractivity contribution is -0.138. The molecule has 18 nitrogen and oxygen atoms in total. The zero-order valence-corrected chi connectivity index (χ0v) is 34.9. The van der Waals surface area contributed by atoms with Crippen molar-refractivity contribution in [3.8, 4) is 0 Å². The van der Waals surface area contributed by atoms with Gasteiger partial charge in [0.1, 0.15) is 11.6 Å². The first-order valence-electron chi connectivity index (χ1n) is 19.1. The summed E-state index contributed by atoms with van der Waals surface area (Å²) in [4.78, 5) is 110. The number of halogens is 2. The van der Waals surface area contributed by atoms with Gasteiger partial charge in [-0.25, -0.2) is 15.0 Å². The zero-order chi connectivity index (χ0) is 42.4. The molecule has 3 aromatic heterocycles. The van der Waals surface area contributed by atoms with Crippen molar-refractivity contribution in [1.29, 1.82) is 0 Å². The molecule has 3 aliphatic rings.